The summed E-state index contributed by atoms with van der Waals surface area (Å²) in [6.45, 7) is 0.927. The van der Waals surface area contributed by atoms with Crippen LogP contribution in [0.25, 0.3) is 0 Å². The van der Waals surface area contributed by atoms with Crippen LogP contribution in [0.4, 0.5) is 26.3 Å². The summed E-state index contributed by atoms with van der Waals surface area (Å²) in [5.41, 5.74) is -4.75. The number of hydrogen-bond donors (Lipinski definition) is 1. The Morgan fingerprint density at radius 1 is 1.28 bits per heavy atom. The van der Waals surface area contributed by atoms with Gasteiger partial charge < -0.3 is 4.74 Å². The number of halogens is 6. The van der Waals surface area contributed by atoms with Crippen LogP contribution in [0.1, 0.15) is 13.3 Å². The number of alkyl halides is 6. The number of cyclic esters (lactones) is 1. The zero-order valence-corrected chi connectivity index (χ0v) is 8.78. The largest absolute Gasteiger partial charge is 0.452 e. The van der Waals surface area contributed by atoms with Crippen molar-refractivity contribution in [2.24, 2.45) is 0 Å². The van der Waals surface area contributed by atoms with E-state index in [2.05, 4.69) is 4.74 Å². The van der Waals surface area contributed by atoms with Gasteiger partial charge in [-0.3, -0.25) is 14.9 Å². The van der Waals surface area contributed by atoms with Gasteiger partial charge in [0.15, 0.2) is 0 Å². The molecule has 0 unspecified atom stereocenters. The van der Waals surface area contributed by atoms with Crippen molar-refractivity contribution >= 4 is 11.8 Å². The Bertz CT molecular complexity index is 360. The third kappa shape index (κ3) is 2.28. The van der Waals surface area contributed by atoms with E-state index in [1.165, 1.54) is 0 Å². The van der Waals surface area contributed by atoms with Gasteiger partial charge in [-0.2, -0.15) is 26.3 Å². The molecule has 0 spiro atoms. The Morgan fingerprint density at radius 3 is 2.00 bits per heavy atom. The number of nitrogens with one attached hydrogen (secondary N) is 1. The molecule has 1 rings (SSSR count). The van der Waals surface area contributed by atoms with E-state index >= 15 is 0 Å². The van der Waals surface area contributed by atoms with Crippen molar-refractivity contribution in [2.75, 3.05) is 0 Å². The lowest BCUT2D eigenvalue weighted by molar-refractivity contribution is -0.369. The van der Waals surface area contributed by atoms with Crippen molar-refractivity contribution in [3.8, 4) is 0 Å². The van der Waals surface area contributed by atoms with Crippen LogP contribution >= 0.6 is 0 Å². The Morgan fingerprint density at radius 2 is 1.72 bits per heavy atom. The molecule has 1 N–H and O–H groups in total. The molecule has 1 aliphatic rings. The second kappa shape index (κ2) is 4.11. The van der Waals surface area contributed by atoms with Gasteiger partial charge in [-0.05, 0) is 6.92 Å². The maximum atomic E-state index is 12.5. The van der Waals surface area contributed by atoms with Gasteiger partial charge in [0.1, 0.15) is 11.8 Å². The van der Waals surface area contributed by atoms with Crippen LogP contribution in [0, 0.1) is 0 Å². The Balaban J connectivity index is 3.12. The molecule has 18 heavy (non-hydrogen) atoms. The van der Waals surface area contributed by atoms with Crippen LogP contribution in [-0.2, 0) is 14.3 Å². The molecule has 1 saturated heterocycles. The lowest BCUT2D eigenvalue weighted by Crippen LogP contribution is -2.65. The predicted octanol–water partition coefficient (Wildman–Crippen LogP) is 1.30. The summed E-state index contributed by atoms with van der Waals surface area (Å²) in [4.78, 5) is 21.6. The molecule has 0 bridgehead atoms. The first-order valence-corrected chi connectivity index (χ1v) is 4.54. The molecule has 0 aromatic rings. The van der Waals surface area contributed by atoms with Crippen LogP contribution in [0.5, 0.6) is 0 Å². The first kappa shape index (κ1) is 14.7. The highest BCUT2D eigenvalue weighted by Crippen LogP contribution is 2.46. The fraction of sp³-hybridized carbons (Fsp3) is 0.750. The van der Waals surface area contributed by atoms with Crippen LogP contribution in [0.3, 0.4) is 0 Å². The quantitative estimate of drug-likeness (QED) is 0.611. The van der Waals surface area contributed by atoms with Crippen LogP contribution in [-0.4, -0.2) is 35.9 Å². The summed E-state index contributed by atoms with van der Waals surface area (Å²) in [5.74, 6) is -2.51. The van der Waals surface area contributed by atoms with E-state index in [4.69, 9.17) is 0 Å². The molecule has 0 aromatic carbocycles. The number of ether oxygens (including phenoxy) is 1. The fourth-order valence-electron chi connectivity index (χ4n) is 1.42. The third-order valence-electron chi connectivity index (χ3n) is 2.21. The van der Waals surface area contributed by atoms with Crippen molar-refractivity contribution in [2.45, 2.75) is 37.5 Å². The summed E-state index contributed by atoms with van der Waals surface area (Å²) < 4.78 is 78.1. The van der Waals surface area contributed by atoms with Gasteiger partial charge in [0.2, 0.25) is 0 Å². The van der Waals surface area contributed by atoms with E-state index in [1.807, 2.05) is 0 Å². The highest BCUT2D eigenvalue weighted by molar-refractivity contribution is 5.86. The van der Waals surface area contributed by atoms with Gasteiger partial charge in [0.05, 0.1) is 0 Å². The molecule has 1 atom stereocenters. The van der Waals surface area contributed by atoms with Gasteiger partial charge >= 0.3 is 24.0 Å². The SMILES string of the molecule is CC(=O)C[C@@H]1NC(C(F)(F)F)(C(F)(F)F)OC1=O. The first-order valence-electron chi connectivity index (χ1n) is 4.54. The smallest absolute Gasteiger partial charge is 0.424 e. The number of rotatable bonds is 2. The van der Waals surface area contributed by atoms with Crippen LogP contribution in [0.15, 0.2) is 0 Å². The second-order valence-electron chi connectivity index (χ2n) is 3.70. The number of carbonyl (C=O) groups is 2. The maximum absolute atomic E-state index is 12.5. The molecule has 0 aliphatic carbocycles. The summed E-state index contributed by atoms with van der Waals surface area (Å²) >= 11 is 0. The summed E-state index contributed by atoms with van der Waals surface area (Å²) in [6, 6.07) is -1.97. The highest BCUT2D eigenvalue weighted by atomic mass is 19.4. The Kier molecular flexibility index (Phi) is 3.36. The molecule has 1 heterocycles. The normalized spacial score (nSPS) is 23.9. The van der Waals surface area contributed by atoms with Crippen molar-refractivity contribution < 1.29 is 40.7 Å². The van der Waals surface area contributed by atoms with Crippen LogP contribution in [0.2, 0.25) is 0 Å². The molecule has 10 heteroatoms. The number of hydrogen-bond acceptors (Lipinski definition) is 4. The third-order valence-corrected chi connectivity index (χ3v) is 2.21. The minimum Gasteiger partial charge on any atom is -0.424 e. The molecular formula is C8H7F6NO3. The minimum atomic E-state index is -5.88. The van der Waals surface area contributed by atoms with Crippen molar-refractivity contribution in [1.82, 2.24) is 5.32 Å². The number of carbonyl (C=O) groups excluding carboxylic acids is 2. The van der Waals surface area contributed by atoms with Gasteiger partial charge in [0, 0.05) is 6.42 Å². The molecule has 1 fully saturated rings. The van der Waals surface area contributed by atoms with E-state index in [0.29, 0.717) is 0 Å². The maximum Gasteiger partial charge on any atom is 0.452 e. The standard InChI is InChI=1S/C8H7F6NO3/c1-3(16)2-4-5(17)18-6(15-4,7(9,10)11)8(12,13)14/h4,15H,2H2,1H3/t4-/m0/s1. The lowest BCUT2D eigenvalue weighted by atomic mass is 10.1. The summed E-state index contributed by atoms with van der Waals surface area (Å²) in [5, 5.41) is 1.02. The molecule has 4 nitrogen and oxygen atoms in total. The first-order chi connectivity index (χ1) is 7.91. The molecular weight excluding hydrogens is 272 g/mol. The van der Waals surface area contributed by atoms with E-state index in [9.17, 15) is 35.9 Å². The van der Waals surface area contributed by atoms with Gasteiger partial charge in [-0.1, -0.05) is 0 Å². The molecule has 104 valence electrons. The number of ketones is 1. The van der Waals surface area contributed by atoms with E-state index in [1.54, 1.807) is 0 Å². The monoisotopic (exact) mass is 279 g/mol. The van der Waals surface area contributed by atoms with Crippen molar-refractivity contribution in [3.63, 3.8) is 0 Å². The fourth-order valence-corrected chi connectivity index (χ4v) is 1.42. The average Bonchev–Trinajstić information content (AvgIpc) is 2.41. The Labute approximate surface area is 96.3 Å². The molecule has 0 radical (unpaired) electrons. The lowest BCUT2D eigenvalue weighted by Gasteiger charge is -2.31. The van der Waals surface area contributed by atoms with E-state index in [0.717, 1.165) is 12.2 Å². The second-order valence-corrected chi connectivity index (χ2v) is 3.70. The Hall–Kier alpha value is -1.32. The molecule has 1 aliphatic heterocycles. The number of esters is 1. The predicted molar refractivity (Wildman–Crippen MR) is 43.2 cm³/mol. The molecule has 0 amide bonds. The average molecular weight is 279 g/mol. The van der Waals surface area contributed by atoms with Gasteiger partial charge in [0.25, 0.3) is 0 Å². The zero-order valence-electron chi connectivity index (χ0n) is 8.78. The van der Waals surface area contributed by atoms with E-state index in [-0.39, 0.29) is 0 Å². The topological polar surface area (TPSA) is 55.4 Å². The van der Waals surface area contributed by atoms with E-state index < -0.39 is 42.3 Å². The van der Waals surface area contributed by atoms with Crippen LogP contribution < -0.4 is 5.32 Å². The number of Topliss-reactive ketones (excluding diaryl/α,β-unsaturated/α-hetero) is 1. The van der Waals surface area contributed by atoms with Crippen molar-refractivity contribution in [1.29, 1.82) is 0 Å². The highest BCUT2D eigenvalue weighted by Gasteiger charge is 2.78. The summed E-state index contributed by atoms with van der Waals surface area (Å²) in [7, 11) is 0. The van der Waals surface area contributed by atoms with Gasteiger partial charge in [-0.15, -0.1) is 0 Å². The van der Waals surface area contributed by atoms with Gasteiger partial charge in [-0.25, -0.2) is 0 Å². The zero-order chi connectivity index (χ0) is 14.4. The van der Waals surface area contributed by atoms with Crippen molar-refractivity contribution in [3.05, 3.63) is 0 Å². The summed E-state index contributed by atoms with van der Waals surface area (Å²) in [6.07, 6.45) is -12.6. The molecule has 0 aromatic heterocycles. The molecule has 0 saturated carbocycles. The minimum absolute atomic E-state index is 0.746.